The van der Waals surface area contributed by atoms with E-state index in [-0.39, 0.29) is 12.6 Å². The number of hydrogen-bond donors (Lipinski definition) is 2. The number of guanidine groups is 1. The number of carbonyl (C=O) groups is 1. The van der Waals surface area contributed by atoms with Crippen molar-refractivity contribution in [2.45, 2.75) is 32.9 Å². The van der Waals surface area contributed by atoms with Gasteiger partial charge in [-0.1, -0.05) is 83.9 Å². The van der Waals surface area contributed by atoms with Crippen LogP contribution >= 0.6 is 0 Å². The van der Waals surface area contributed by atoms with E-state index in [1.807, 2.05) is 128 Å². The van der Waals surface area contributed by atoms with Crippen molar-refractivity contribution in [3.8, 4) is 0 Å². The molecule has 5 rings (SSSR count). The molecule has 1 unspecified atom stereocenters. The molecule has 3 N–H and O–H groups in total. The van der Waals surface area contributed by atoms with Gasteiger partial charge >= 0.3 is 5.97 Å². The van der Waals surface area contributed by atoms with Gasteiger partial charge in [-0.15, -0.1) is 0 Å². The Morgan fingerprint density at radius 2 is 1.44 bits per heavy atom. The van der Waals surface area contributed by atoms with Crippen molar-refractivity contribution in [3.05, 3.63) is 132 Å². The first-order valence-electron chi connectivity index (χ1n) is 13.0. The number of nitrogens with two attached hydrogens (primary N) is 1. The van der Waals surface area contributed by atoms with Crippen LogP contribution in [0.1, 0.15) is 22.3 Å². The summed E-state index contributed by atoms with van der Waals surface area (Å²) in [7, 11) is 0. The Morgan fingerprint density at radius 3 is 2.08 bits per heavy atom. The molecule has 4 aromatic carbocycles. The summed E-state index contributed by atoms with van der Waals surface area (Å²) in [5.74, 6) is -0.218. The number of H-pyrrole nitrogens is 1. The van der Waals surface area contributed by atoms with E-state index in [0.717, 1.165) is 44.5 Å². The molecule has 0 amide bonds. The summed E-state index contributed by atoms with van der Waals surface area (Å²) in [5, 5.41) is 1.04. The number of fused-ring (bicyclic) bond motifs is 1. The Morgan fingerprint density at radius 1 is 0.846 bits per heavy atom. The number of esters is 1. The van der Waals surface area contributed by atoms with Gasteiger partial charge in [0.15, 0.2) is 6.04 Å². The first-order valence-corrected chi connectivity index (χ1v) is 13.0. The average Bonchev–Trinajstić information content (AvgIpc) is 3.37. The van der Waals surface area contributed by atoms with Gasteiger partial charge in [-0.25, -0.2) is 9.79 Å². The summed E-state index contributed by atoms with van der Waals surface area (Å²) in [6.07, 6.45) is 2.26. The van der Waals surface area contributed by atoms with E-state index >= 15 is 0 Å². The summed E-state index contributed by atoms with van der Waals surface area (Å²) in [6, 6.07) is 32.9. The van der Waals surface area contributed by atoms with Crippen molar-refractivity contribution in [2.75, 3.05) is 4.90 Å². The minimum atomic E-state index is -0.841. The Balaban J connectivity index is 1.51. The lowest BCUT2D eigenvalue weighted by molar-refractivity contribution is -0.146. The molecular formula is C33H32N4O2. The number of carbonyl (C=O) groups excluding carboxylic acids is 1. The average molecular weight is 517 g/mol. The fourth-order valence-corrected chi connectivity index (χ4v) is 4.53. The van der Waals surface area contributed by atoms with Crippen molar-refractivity contribution < 1.29 is 9.53 Å². The van der Waals surface area contributed by atoms with E-state index in [1.165, 1.54) is 0 Å². The molecule has 6 heteroatoms. The molecule has 0 radical (unpaired) electrons. The maximum absolute atomic E-state index is 13.5. The monoisotopic (exact) mass is 516 g/mol. The highest BCUT2D eigenvalue weighted by Gasteiger charge is 2.24. The number of hydrogen-bond acceptors (Lipinski definition) is 3. The van der Waals surface area contributed by atoms with E-state index < -0.39 is 12.0 Å². The second kappa shape index (κ2) is 11.7. The molecule has 1 aromatic heterocycles. The Hall–Kier alpha value is -4.84. The van der Waals surface area contributed by atoms with Crippen LogP contribution in [-0.4, -0.2) is 23.0 Å². The highest BCUT2D eigenvalue weighted by molar-refractivity contribution is 6.02. The smallest absolute Gasteiger partial charge is 0.331 e. The quantitative estimate of drug-likeness (QED) is 0.138. The van der Waals surface area contributed by atoms with Gasteiger partial charge < -0.3 is 15.5 Å². The predicted octanol–water partition coefficient (Wildman–Crippen LogP) is 6.59. The van der Waals surface area contributed by atoms with Crippen LogP contribution in [0.15, 0.2) is 114 Å². The van der Waals surface area contributed by atoms with Gasteiger partial charge in [-0.2, -0.15) is 0 Å². The molecule has 1 heterocycles. The van der Waals surface area contributed by atoms with Crippen LogP contribution in [-0.2, 0) is 22.6 Å². The van der Waals surface area contributed by atoms with Crippen LogP contribution in [0.25, 0.3) is 10.9 Å². The van der Waals surface area contributed by atoms with Crippen LogP contribution in [0.5, 0.6) is 0 Å². The number of anilines is 2. The number of aromatic nitrogens is 1. The standard InChI is InChI=1S/C33H32N4O2/c1-23-12-16-27(17-13-23)37(28-18-14-24(2)15-19-28)33(34)36-31(32(38)39-22-25-8-4-3-5-9-25)20-26-21-35-30-11-7-6-10-29(26)30/h3-19,21,31,35H,20,22H2,1-2H3,(H2,34,36). The number of aryl methyl sites for hydroxylation is 2. The van der Waals surface area contributed by atoms with Gasteiger partial charge in [0.1, 0.15) is 6.61 Å². The van der Waals surface area contributed by atoms with Gasteiger partial charge in [0.05, 0.1) is 0 Å². The molecule has 0 fully saturated rings. The van der Waals surface area contributed by atoms with Crippen LogP contribution in [0.2, 0.25) is 0 Å². The van der Waals surface area contributed by atoms with Gasteiger partial charge in [-0.3, -0.25) is 4.90 Å². The van der Waals surface area contributed by atoms with Crippen molar-refractivity contribution >= 4 is 34.2 Å². The lowest BCUT2D eigenvalue weighted by atomic mass is 10.1. The minimum absolute atomic E-state index is 0.166. The maximum Gasteiger partial charge on any atom is 0.331 e. The SMILES string of the molecule is Cc1ccc(N(C(N)=NC(Cc2c[nH]c3ccccc23)C(=O)OCc2ccccc2)c2ccc(C)cc2)cc1. The third-order valence-corrected chi connectivity index (χ3v) is 6.69. The zero-order valence-electron chi connectivity index (χ0n) is 22.2. The van der Waals surface area contributed by atoms with Crippen LogP contribution in [0, 0.1) is 13.8 Å². The second-order valence-electron chi connectivity index (χ2n) is 9.67. The van der Waals surface area contributed by atoms with Crippen LogP contribution in [0.3, 0.4) is 0 Å². The van der Waals surface area contributed by atoms with E-state index in [1.54, 1.807) is 0 Å². The molecule has 0 saturated carbocycles. The van der Waals surface area contributed by atoms with E-state index in [2.05, 4.69) is 4.98 Å². The second-order valence-corrected chi connectivity index (χ2v) is 9.67. The highest BCUT2D eigenvalue weighted by atomic mass is 16.5. The molecule has 5 aromatic rings. The molecule has 0 spiro atoms. The Labute approximate surface area is 228 Å². The summed E-state index contributed by atoms with van der Waals surface area (Å²) >= 11 is 0. The van der Waals surface area contributed by atoms with E-state index in [4.69, 9.17) is 15.5 Å². The molecule has 6 nitrogen and oxygen atoms in total. The zero-order valence-corrected chi connectivity index (χ0v) is 22.2. The molecule has 196 valence electrons. The number of aliphatic imine (C=N–C) groups is 1. The van der Waals surface area contributed by atoms with Gasteiger partial charge in [0, 0.05) is 34.9 Å². The van der Waals surface area contributed by atoms with E-state index in [9.17, 15) is 4.79 Å². The molecule has 0 aliphatic heterocycles. The third kappa shape index (κ3) is 6.18. The minimum Gasteiger partial charge on any atom is -0.459 e. The number of nitrogens with zero attached hydrogens (tertiary/aromatic N) is 2. The largest absolute Gasteiger partial charge is 0.459 e. The molecule has 0 bridgehead atoms. The number of benzene rings is 4. The van der Waals surface area contributed by atoms with Gasteiger partial charge in [0.25, 0.3) is 0 Å². The molecule has 1 atom stereocenters. The molecule has 0 saturated heterocycles. The van der Waals surface area contributed by atoms with Crippen LogP contribution < -0.4 is 10.6 Å². The first-order chi connectivity index (χ1) is 19.0. The predicted molar refractivity (Wildman–Crippen MR) is 158 cm³/mol. The maximum atomic E-state index is 13.5. The fourth-order valence-electron chi connectivity index (χ4n) is 4.53. The summed E-state index contributed by atoms with van der Waals surface area (Å²) in [6.45, 7) is 4.24. The Kier molecular flexibility index (Phi) is 7.73. The lowest BCUT2D eigenvalue weighted by Gasteiger charge is -2.25. The van der Waals surface area contributed by atoms with Crippen molar-refractivity contribution in [2.24, 2.45) is 10.7 Å². The molecular weight excluding hydrogens is 484 g/mol. The third-order valence-electron chi connectivity index (χ3n) is 6.69. The fraction of sp³-hybridized carbons (Fsp3) is 0.152. The Bertz CT molecular complexity index is 1530. The van der Waals surface area contributed by atoms with Gasteiger partial charge in [-0.05, 0) is 55.3 Å². The number of aromatic amines is 1. The number of para-hydroxylation sites is 1. The van der Waals surface area contributed by atoms with Crippen molar-refractivity contribution in [1.82, 2.24) is 4.98 Å². The first kappa shape index (κ1) is 25.8. The number of ether oxygens (including phenoxy) is 1. The molecule has 39 heavy (non-hydrogen) atoms. The number of nitrogens with one attached hydrogen (secondary N) is 1. The lowest BCUT2D eigenvalue weighted by Crippen LogP contribution is -2.37. The van der Waals surface area contributed by atoms with Crippen LogP contribution in [0.4, 0.5) is 11.4 Å². The van der Waals surface area contributed by atoms with E-state index in [0.29, 0.717) is 6.42 Å². The summed E-state index contributed by atoms with van der Waals surface area (Å²) in [4.78, 5) is 23.4. The normalized spacial score (nSPS) is 12.3. The highest BCUT2D eigenvalue weighted by Crippen LogP contribution is 2.27. The summed E-state index contributed by atoms with van der Waals surface area (Å²) < 4.78 is 5.74. The molecule has 0 aliphatic rings. The topological polar surface area (TPSA) is 83.7 Å². The van der Waals surface area contributed by atoms with Crippen molar-refractivity contribution in [3.63, 3.8) is 0 Å². The zero-order chi connectivity index (χ0) is 27.2. The molecule has 0 aliphatic carbocycles. The number of rotatable bonds is 8. The van der Waals surface area contributed by atoms with Crippen molar-refractivity contribution in [1.29, 1.82) is 0 Å². The summed E-state index contributed by atoms with van der Waals surface area (Å²) in [5.41, 5.74) is 13.6. The van der Waals surface area contributed by atoms with Gasteiger partial charge in [0.2, 0.25) is 5.96 Å².